The molecule has 9 heteroatoms. The van der Waals surface area contributed by atoms with E-state index in [9.17, 15) is 19.5 Å². The van der Waals surface area contributed by atoms with Crippen LogP contribution in [0.3, 0.4) is 0 Å². The number of carbonyl (C=O) groups is 3. The van der Waals surface area contributed by atoms with E-state index < -0.39 is 23.4 Å². The summed E-state index contributed by atoms with van der Waals surface area (Å²) in [5.74, 6) is -3.03. The third-order valence-electron chi connectivity index (χ3n) is 4.97. The molecule has 0 saturated carbocycles. The molecule has 0 unspecified atom stereocenters. The van der Waals surface area contributed by atoms with Crippen LogP contribution in [0.5, 0.6) is 5.75 Å². The average Bonchev–Trinajstić information content (AvgIpc) is 2.76. The lowest BCUT2D eigenvalue weighted by atomic mass is 9.86. The minimum Gasteiger partial charge on any atom is -0.507 e. The topological polar surface area (TPSA) is 154 Å². The highest BCUT2D eigenvalue weighted by molar-refractivity contribution is 6.51. The summed E-state index contributed by atoms with van der Waals surface area (Å²) in [4.78, 5) is 40.3. The van der Waals surface area contributed by atoms with E-state index in [4.69, 9.17) is 10.8 Å². The van der Waals surface area contributed by atoms with E-state index in [1.807, 2.05) is 24.3 Å². The van der Waals surface area contributed by atoms with Crippen LogP contribution >= 0.6 is 0 Å². The molecule has 33 heavy (non-hydrogen) atoms. The molecule has 0 spiro atoms. The molecule has 2 aromatic carbocycles. The average molecular weight is 453 g/mol. The third kappa shape index (κ3) is 5.97. The van der Waals surface area contributed by atoms with Crippen LogP contribution in [0.25, 0.3) is 0 Å². The zero-order valence-corrected chi connectivity index (χ0v) is 19.2. The van der Waals surface area contributed by atoms with Gasteiger partial charge in [-0.15, -0.1) is 0 Å². The van der Waals surface area contributed by atoms with Gasteiger partial charge in [-0.25, -0.2) is 4.79 Å². The fourth-order valence-electron chi connectivity index (χ4n) is 2.93. The van der Waals surface area contributed by atoms with E-state index in [-0.39, 0.29) is 33.6 Å². The number of nitrogens with one attached hydrogen (secondary N) is 2. The molecule has 0 saturated heterocycles. The molecule has 0 aromatic heterocycles. The highest BCUT2D eigenvalue weighted by atomic mass is 16.4. The SMILES string of the molecule is CN=C(C(=O)C(N)=C(C)NNC(=O)c1ccc(C(=O)O)c(O)c1)c1ccc(C(C)(C)C)cc1. The van der Waals surface area contributed by atoms with Crippen molar-refractivity contribution < 1.29 is 24.6 Å². The minimum absolute atomic E-state index is 0.0115. The molecular formula is C24H28N4O5. The van der Waals surface area contributed by atoms with Gasteiger partial charge >= 0.3 is 5.97 Å². The molecule has 0 heterocycles. The van der Waals surface area contributed by atoms with Gasteiger partial charge in [-0.2, -0.15) is 0 Å². The Morgan fingerprint density at radius 1 is 0.970 bits per heavy atom. The fourth-order valence-corrected chi connectivity index (χ4v) is 2.93. The summed E-state index contributed by atoms with van der Waals surface area (Å²) >= 11 is 0. The second-order valence-electron chi connectivity index (χ2n) is 8.38. The highest BCUT2D eigenvalue weighted by Crippen LogP contribution is 2.23. The maximum absolute atomic E-state index is 12.9. The number of rotatable bonds is 7. The van der Waals surface area contributed by atoms with Crippen LogP contribution in [-0.4, -0.2) is 40.6 Å². The molecule has 174 valence electrons. The van der Waals surface area contributed by atoms with Crippen molar-refractivity contribution in [1.29, 1.82) is 0 Å². The van der Waals surface area contributed by atoms with Crippen molar-refractivity contribution in [3.63, 3.8) is 0 Å². The summed E-state index contributed by atoms with van der Waals surface area (Å²) in [6, 6.07) is 10.9. The summed E-state index contributed by atoms with van der Waals surface area (Å²) in [7, 11) is 1.50. The Morgan fingerprint density at radius 2 is 1.55 bits per heavy atom. The number of carbonyl (C=O) groups excluding carboxylic acids is 2. The highest BCUT2D eigenvalue weighted by Gasteiger charge is 2.20. The molecule has 2 aromatic rings. The predicted octanol–water partition coefficient (Wildman–Crippen LogP) is 2.50. The number of aromatic hydroxyl groups is 1. The number of ketones is 1. The van der Waals surface area contributed by atoms with Gasteiger partial charge in [0.05, 0.1) is 5.70 Å². The lowest BCUT2D eigenvalue weighted by Crippen LogP contribution is -2.38. The van der Waals surface area contributed by atoms with Crippen LogP contribution in [-0.2, 0) is 10.2 Å². The van der Waals surface area contributed by atoms with E-state index in [1.165, 1.54) is 20.0 Å². The molecular weight excluding hydrogens is 424 g/mol. The van der Waals surface area contributed by atoms with Crippen molar-refractivity contribution in [3.05, 3.63) is 76.1 Å². The fraction of sp³-hybridized carbons (Fsp3) is 0.250. The second-order valence-corrected chi connectivity index (χ2v) is 8.38. The van der Waals surface area contributed by atoms with E-state index in [2.05, 4.69) is 36.6 Å². The maximum Gasteiger partial charge on any atom is 0.339 e. The predicted molar refractivity (Wildman–Crippen MR) is 125 cm³/mol. The largest absolute Gasteiger partial charge is 0.507 e. The Balaban J connectivity index is 2.15. The Morgan fingerprint density at radius 3 is 2.03 bits per heavy atom. The number of phenols is 1. The van der Waals surface area contributed by atoms with Crippen LogP contribution in [0.2, 0.25) is 0 Å². The number of Topliss-reactive ketones (excluding diaryl/α,β-unsaturated/α-hetero) is 1. The first-order valence-corrected chi connectivity index (χ1v) is 10.1. The van der Waals surface area contributed by atoms with Gasteiger partial charge in [0.2, 0.25) is 5.78 Å². The Labute approximate surface area is 192 Å². The van der Waals surface area contributed by atoms with E-state index in [1.54, 1.807) is 0 Å². The molecule has 9 nitrogen and oxygen atoms in total. The number of nitrogens with zero attached hydrogens (tertiary/aromatic N) is 1. The van der Waals surface area contributed by atoms with Crippen LogP contribution in [0.15, 0.2) is 58.9 Å². The lowest BCUT2D eigenvalue weighted by molar-refractivity contribution is -0.109. The second kappa shape index (κ2) is 9.99. The van der Waals surface area contributed by atoms with Gasteiger partial charge in [0.25, 0.3) is 5.91 Å². The summed E-state index contributed by atoms with van der Waals surface area (Å²) in [5.41, 5.74) is 12.5. The number of nitrogens with two attached hydrogens (primary N) is 1. The Bertz CT molecular complexity index is 1140. The summed E-state index contributed by atoms with van der Waals surface area (Å²) in [5, 5.41) is 18.7. The van der Waals surface area contributed by atoms with Crippen LogP contribution in [0.4, 0.5) is 0 Å². The summed E-state index contributed by atoms with van der Waals surface area (Å²) < 4.78 is 0. The third-order valence-corrected chi connectivity index (χ3v) is 4.97. The Kier molecular flexibility index (Phi) is 7.60. The number of aliphatic imine (C=N–C) groups is 1. The summed E-state index contributed by atoms with van der Waals surface area (Å²) in [6.45, 7) is 7.78. The molecule has 0 atom stereocenters. The van der Waals surface area contributed by atoms with E-state index >= 15 is 0 Å². The van der Waals surface area contributed by atoms with Gasteiger partial charge in [-0.05, 0) is 36.1 Å². The number of carboxylic acids is 1. The quantitative estimate of drug-likeness (QED) is 0.246. The zero-order valence-electron chi connectivity index (χ0n) is 19.2. The number of aromatic carboxylic acids is 1. The van der Waals surface area contributed by atoms with Gasteiger partial charge < -0.3 is 21.4 Å². The number of hydrogen-bond acceptors (Lipinski definition) is 7. The monoisotopic (exact) mass is 452 g/mol. The van der Waals surface area contributed by atoms with Gasteiger partial charge in [-0.3, -0.25) is 20.0 Å². The normalized spacial score (nSPS) is 12.6. The molecule has 6 N–H and O–H groups in total. The molecule has 0 aliphatic rings. The van der Waals surface area contributed by atoms with Crippen LogP contribution < -0.4 is 16.6 Å². The first kappa shape index (κ1) is 25.1. The number of benzene rings is 2. The zero-order chi connectivity index (χ0) is 24.9. The standard InChI is InChI=1S/C24H28N4O5/c1-13(27-28-22(31)15-8-11-17(23(32)33)18(29)12-15)19(25)21(30)20(26-5)14-6-9-16(10-7-14)24(2,3)4/h6-12,27,29H,25H2,1-5H3,(H,28,31)(H,32,33). The molecule has 2 rings (SSSR count). The van der Waals surface area contributed by atoms with E-state index in [0.717, 1.165) is 17.7 Å². The first-order valence-electron chi connectivity index (χ1n) is 10.1. The lowest BCUT2D eigenvalue weighted by Gasteiger charge is -2.19. The molecule has 0 bridgehead atoms. The molecule has 0 aliphatic heterocycles. The maximum atomic E-state index is 12.9. The first-order chi connectivity index (χ1) is 15.4. The minimum atomic E-state index is -1.32. The molecule has 0 aliphatic carbocycles. The van der Waals surface area contributed by atoms with Crippen molar-refractivity contribution >= 4 is 23.4 Å². The van der Waals surface area contributed by atoms with Crippen molar-refractivity contribution in [2.45, 2.75) is 33.1 Å². The Hall–Kier alpha value is -4.14. The molecule has 1 amide bonds. The van der Waals surface area contributed by atoms with Gasteiger partial charge in [0.1, 0.15) is 22.7 Å². The van der Waals surface area contributed by atoms with Gasteiger partial charge in [-0.1, -0.05) is 45.0 Å². The number of allylic oxidation sites excluding steroid dienone is 2. The van der Waals surface area contributed by atoms with Gasteiger partial charge in [0, 0.05) is 18.2 Å². The number of hydrogen-bond donors (Lipinski definition) is 5. The molecule has 0 radical (unpaired) electrons. The summed E-state index contributed by atoms with van der Waals surface area (Å²) in [6.07, 6.45) is 0. The van der Waals surface area contributed by atoms with Crippen molar-refractivity contribution in [2.24, 2.45) is 10.7 Å². The number of amides is 1. The van der Waals surface area contributed by atoms with Crippen LogP contribution in [0, 0.1) is 0 Å². The number of carboxylic acid groups (broad SMARTS) is 1. The van der Waals surface area contributed by atoms with Crippen LogP contribution in [0.1, 0.15) is 59.5 Å². The van der Waals surface area contributed by atoms with Crippen molar-refractivity contribution in [1.82, 2.24) is 10.9 Å². The smallest absolute Gasteiger partial charge is 0.339 e. The molecule has 0 fully saturated rings. The van der Waals surface area contributed by atoms with Crippen molar-refractivity contribution in [2.75, 3.05) is 7.05 Å². The number of hydrazine groups is 1. The van der Waals surface area contributed by atoms with Gasteiger partial charge in [0.15, 0.2) is 0 Å². The van der Waals surface area contributed by atoms with E-state index in [0.29, 0.717) is 5.56 Å². The van der Waals surface area contributed by atoms with Crippen molar-refractivity contribution in [3.8, 4) is 5.75 Å².